The highest BCUT2D eigenvalue weighted by Crippen LogP contribution is 2.44. The molecule has 1 aromatic carbocycles. The van der Waals surface area contributed by atoms with Crippen molar-refractivity contribution in [1.82, 2.24) is 4.57 Å². The van der Waals surface area contributed by atoms with Crippen molar-refractivity contribution in [3.8, 4) is 0 Å². The van der Waals surface area contributed by atoms with Crippen molar-refractivity contribution < 1.29 is 28.5 Å². The number of benzene rings is 1. The highest BCUT2D eigenvalue weighted by atomic mass is 127. The van der Waals surface area contributed by atoms with Gasteiger partial charge < -0.3 is 24.0 Å². The van der Waals surface area contributed by atoms with Gasteiger partial charge in [0, 0.05) is 13.8 Å². The average molecular weight is 598 g/mol. The SMILES string of the molecule is Cc1c(C)[n+](C(C)C)c(P=Nc2c(C(C)(C)C)cc(C(C)(C)C)cc2C(C)(C)C)n1C(C)C.[I-]. The van der Waals surface area contributed by atoms with E-state index in [0.717, 1.165) is 8.37 Å². The van der Waals surface area contributed by atoms with Gasteiger partial charge in [-0.2, -0.15) is 0 Å². The molecule has 34 heavy (non-hydrogen) atoms. The molecular weight excluding hydrogens is 548 g/mol. The molecule has 0 saturated heterocycles. The van der Waals surface area contributed by atoms with Crippen LogP contribution in [0.25, 0.3) is 0 Å². The lowest BCUT2D eigenvalue weighted by atomic mass is 9.74. The molecule has 0 aliphatic heterocycles. The zero-order valence-electron chi connectivity index (χ0n) is 24.5. The van der Waals surface area contributed by atoms with Gasteiger partial charge in [0.25, 0.3) is 0 Å². The van der Waals surface area contributed by atoms with Gasteiger partial charge in [0.2, 0.25) is 0 Å². The monoisotopic (exact) mass is 597 g/mol. The largest absolute Gasteiger partial charge is 1.00 e. The highest BCUT2D eigenvalue weighted by Gasteiger charge is 2.31. The first-order valence-corrected chi connectivity index (χ1v) is 13.4. The number of aromatic nitrogens is 2. The molecule has 0 aliphatic carbocycles. The molecule has 1 heterocycles. The third-order valence-corrected chi connectivity index (χ3v) is 7.45. The Morgan fingerprint density at radius 2 is 1.24 bits per heavy atom. The van der Waals surface area contributed by atoms with Crippen molar-refractivity contribution in [1.29, 1.82) is 0 Å². The van der Waals surface area contributed by atoms with E-state index in [0.29, 0.717) is 12.1 Å². The van der Waals surface area contributed by atoms with Crippen LogP contribution in [-0.2, 0) is 16.2 Å². The van der Waals surface area contributed by atoms with Gasteiger partial charge in [-0.05, 0) is 60.6 Å². The van der Waals surface area contributed by atoms with Gasteiger partial charge in [-0.3, -0.25) is 0 Å². The summed E-state index contributed by atoms with van der Waals surface area (Å²) in [7, 11) is 1.01. The van der Waals surface area contributed by atoms with Gasteiger partial charge in [-0.25, -0.2) is 13.9 Å². The number of hydrogen-bond acceptors (Lipinski definition) is 1. The molecule has 0 amide bonds. The Labute approximate surface area is 229 Å². The van der Waals surface area contributed by atoms with Gasteiger partial charge >= 0.3 is 5.57 Å². The molecule has 0 fully saturated rings. The van der Waals surface area contributed by atoms with Crippen LogP contribution in [0.3, 0.4) is 0 Å². The van der Waals surface area contributed by atoms with Crippen LogP contribution in [0.2, 0.25) is 0 Å². The molecule has 5 heteroatoms. The summed E-state index contributed by atoms with van der Waals surface area (Å²) < 4.78 is 10.3. The van der Waals surface area contributed by atoms with Crippen LogP contribution in [-0.4, -0.2) is 4.57 Å². The summed E-state index contributed by atoms with van der Waals surface area (Å²) >= 11 is 0. The molecule has 0 aliphatic rings. The average Bonchev–Trinajstić information content (AvgIpc) is 2.87. The van der Waals surface area contributed by atoms with Crippen LogP contribution in [0.5, 0.6) is 0 Å². The Bertz CT molecular complexity index is 973. The normalized spacial score (nSPS) is 13.3. The first-order valence-electron chi connectivity index (χ1n) is 12.5. The molecule has 0 saturated carbocycles. The summed E-state index contributed by atoms with van der Waals surface area (Å²) in [6.07, 6.45) is 0. The Morgan fingerprint density at radius 1 is 0.794 bits per heavy atom. The molecule has 0 radical (unpaired) electrons. The molecule has 0 spiro atoms. The zero-order valence-corrected chi connectivity index (χ0v) is 27.5. The molecule has 2 aromatic rings. The third-order valence-electron chi connectivity index (χ3n) is 6.54. The smallest absolute Gasteiger partial charge is 0.327 e. The Kier molecular flexibility index (Phi) is 9.85. The fourth-order valence-electron chi connectivity index (χ4n) is 4.51. The van der Waals surface area contributed by atoms with Crippen molar-refractivity contribution in [3.05, 3.63) is 40.2 Å². The molecule has 0 atom stereocenters. The first kappa shape index (κ1) is 31.3. The van der Waals surface area contributed by atoms with Crippen molar-refractivity contribution in [3.63, 3.8) is 0 Å². The van der Waals surface area contributed by atoms with E-state index in [4.69, 9.17) is 4.74 Å². The maximum absolute atomic E-state index is 5.40. The summed E-state index contributed by atoms with van der Waals surface area (Å²) in [5, 5.41) is 0. The lowest BCUT2D eigenvalue weighted by Crippen LogP contribution is -3.00. The van der Waals surface area contributed by atoms with Gasteiger partial charge in [0.1, 0.15) is 19.8 Å². The van der Waals surface area contributed by atoms with E-state index in [2.05, 4.69) is 125 Å². The predicted molar refractivity (Wildman–Crippen MR) is 146 cm³/mol. The van der Waals surface area contributed by atoms with Crippen LogP contribution in [0, 0.1) is 13.8 Å². The van der Waals surface area contributed by atoms with E-state index in [9.17, 15) is 0 Å². The van der Waals surface area contributed by atoms with Crippen molar-refractivity contribution in [2.75, 3.05) is 0 Å². The summed E-state index contributed by atoms with van der Waals surface area (Å²) in [4.78, 5) is 0. The molecule has 192 valence electrons. The lowest BCUT2D eigenvalue weighted by Gasteiger charge is -2.32. The van der Waals surface area contributed by atoms with E-state index in [1.807, 2.05) is 0 Å². The lowest BCUT2D eigenvalue weighted by molar-refractivity contribution is -0.704. The zero-order chi connectivity index (χ0) is 25.7. The third kappa shape index (κ3) is 6.52. The predicted octanol–water partition coefficient (Wildman–Crippen LogP) is 5.54. The van der Waals surface area contributed by atoms with E-state index >= 15 is 0 Å². The van der Waals surface area contributed by atoms with Crippen molar-refractivity contribution in [2.24, 2.45) is 4.74 Å². The second-order valence-electron chi connectivity index (χ2n) is 13.3. The minimum absolute atomic E-state index is 0. The van der Waals surface area contributed by atoms with Crippen LogP contribution in [0.1, 0.15) is 130 Å². The van der Waals surface area contributed by atoms with Crippen LogP contribution in [0.15, 0.2) is 16.9 Å². The number of imidazole rings is 1. The maximum Gasteiger partial charge on any atom is 0.327 e. The van der Waals surface area contributed by atoms with Crippen molar-refractivity contribution >= 4 is 19.6 Å². The summed E-state index contributed by atoms with van der Waals surface area (Å²) in [6.45, 7) is 34.4. The topological polar surface area (TPSA) is 21.2 Å². The van der Waals surface area contributed by atoms with Gasteiger partial charge in [-0.15, -0.1) is 0 Å². The van der Waals surface area contributed by atoms with E-state index < -0.39 is 0 Å². The first-order chi connectivity index (χ1) is 14.8. The Morgan fingerprint density at radius 3 is 1.56 bits per heavy atom. The summed E-state index contributed by atoms with van der Waals surface area (Å²) in [5.41, 5.74) is 9.32. The minimum atomic E-state index is 0. The number of rotatable bonds is 4. The van der Waals surface area contributed by atoms with Crippen LogP contribution >= 0.6 is 8.37 Å². The molecule has 0 bridgehead atoms. The number of halogens is 1. The van der Waals surface area contributed by atoms with Crippen molar-refractivity contribution in [2.45, 2.75) is 132 Å². The highest BCUT2D eigenvalue weighted by molar-refractivity contribution is 7.36. The maximum atomic E-state index is 5.40. The second-order valence-corrected chi connectivity index (χ2v) is 14.1. The van der Waals surface area contributed by atoms with E-state index in [1.165, 1.54) is 39.3 Å². The minimum Gasteiger partial charge on any atom is -1.00 e. The standard InChI is InChI=1S/C29H49N3P.HI/c1-18(2)31-20(5)21(6)32(19(3)4)26(31)33-30-25-23(28(10,11)12)16-22(27(7,8)9)17-24(25)29(13,14)15;/h16-19H,1-15H3;1H/q+1;/p-1. The number of nitrogens with zero attached hydrogens (tertiary/aromatic N) is 3. The fraction of sp³-hybridized carbons (Fsp3) is 0.690. The molecule has 3 nitrogen and oxygen atoms in total. The summed E-state index contributed by atoms with van der Waals surface area (Å²) in [5.74, 6) is 0. The molecule has 2 rings (SSSR count). The molecular formula is C29H49IN3P. The fourth-order valence-corrected chi connectivity index (χ4v) is 5.87. The van der Waals surface area contributed by atoms with Gasteiger partial charge in [0.05, 0.1) is 17.8 Å². The molecule has 1 aromatic heterocycles. The Hall–Kier alpha value is -0.740. The number of hydrogen-bond donors (Lipinski definition) is 0. The molecule has 0 N–H and O–H groups in total. The summed E-state index contributed by atoms with van der Waals surface area (Å²) in [6, 6.07) is 5.62. The molecule has 0 unspecified atom stereocenters. The Balaban J connectivity index is 0.00000578. The van der Waals surface area contributed by atoms with Gasteiger partial charge in [0.15, 0.2) is 0 Å². The van der Waals surface area contributed by atoms with Gasteiger partial charge in [-0.1, -0.05) is 74.4 Å². The van der Waals surface area contributed by atoms with Crippen LogP contribution < -0.4 is 34.1 Å². The second kappa shape index (κ2) is 10.7. The van der Waals surface area contributed by atoms with Crippen LogP contribution in [0.4, 0.5) is 5.69 Å². The quantitative estimate of drug-likeness (QED) is 0.251. The van der Waals surface area contributed by atoms with E-state index in [1.54, 1.807) is 0 Å². The van der Waals surface area contributed by atoms with E-state index in [-0.39, 0.29) is 40.2 Å².